The Morgan fingerprint density at radius 3 is 2.30 bits per heavy atom. The molecule has 0 bridgehead atoms. The van der Waals surface area contributed by atoms with Gasteiger partial charge in [-0.25, -0.2) is 13.1 Å². The van der Waals surface area contributed by atoms with Gasteiger partial charge in [0.1, 0.15) is 5.75 Å². The fraction of sp³-hybridized carbons (Fsp3) is 0.250. The first-order chi connectivity index (χ1) is 12.9. The molecule has 2 aromatic rings. The van der Waals surface area contributed by atoms with Crippen molar-refractivity contribution in [2.45, 2.75) is 18.4 Å². The first kappa shape index (κ1) is 20.7. The topological polar surface area (TPSA) is 75.7 Å². The van der Waals surface area contributed by atoms with Crippen LogP contribution in [0, 0.1) is 0 Å². The lowest BCUT2D eigenvalue weighted by Crippen LogP contribution is -2.24. The highest BCUT2D eigenvalue weighted by atomic mass is 32.2. The monoisotopic (exact) mass is 388 g/mol. The molecule has 144 valence electrons. The summed E-state index contributed by atoms with van der Waals surface area (Å²) in [4.78, 5) is 14.1. The Morgan fingerprint density at radius 1 is 1.11 bits per heavy atom. The maximum atomic E-state index is 12.3. The standard InChI is InChI=1S/C20H24N2O4S/c1-4-26-18-10-5-17(6-11-18)15-22(3)20(23)14-9-16-7-12-19(13-8-16)27(24,25)21-2/h5-14,21H,4,15H2,1-3H3/b14-9+. The summed E-state index contributed by atoms with van der Waals surface area (Å²) in [6, 6.07) is 13.9. The van der Waals surface area contributed by atoms with E-state index >= 15 is 0 Å². The van der Waals surface area contributed by atoms with Gasteiger partial charge in [0.15, 0.2) is 0 Å². The second-order valence-electron chi connectivity index (χ2n) is 5.88. The van der Waals surface area contributed by atoms with Crippen LogP contribution in [0.3, 0.4) is 0 Å². The summed E-state index contributed by atoms with van der Waals surface area (Å²) in [5, 5.41) is 0. The normalized spacial score (nSPS) is 11.5. The van der Waals surface area contributed by atoms with E-state index in [2.05, 4.69) is 4.72 Å². The molecule has 7 heteroatoms. The van der Waals surface area contributed by atoms with E-state index in [-0.39, 0.29) is 10.8 Å². The number of hydrogen-bond donors (Lipinski definition) is 1. The summed E-state index contributed by atoms with van der Waals surface area (Å²) in [5.41, 5.74) is 1.75. The molecule has 1 N–H and O–H groups in total. The van der Waals surface area contributed by atoms with Gasteiger partial charge in [0.05, 0.1) is 11.5 Å². The smallest absolute Gasteiger partial charge is 0.246 e. The van der Waals surface area contributed by atoms with Crippen molar-refractivity contribution in [1.29, 1.82) is 0 Å². The zero-order chi connectivity index (χ0) is 19.9. The third-order valence-electron chi connectivity index (χ3n) is 3.91. The number of likely N-dealkylation sites (N-methyl/N-ethyl adjacent to an activating group) is 1. The van der Waals surface area contributed by atoms with Crippen LogP contribution >= 0.6 is 0 Å². The zero-order valence-corrected chi connectivity index (χ0v) is 16.5. The van der Waals surface area contributed by atoms with Crippen molar-refractivity contribution in [2.24, 2.45) is 0 Å². The van der Waals surface area contributed by atoms with Crippen molar-refractivity contribution in [3.8, 4) is 5.75 Å². The summed E-state index contributed by atoms with van der Waals surface area (Å²) in [6.07, 6.45) is 3.13. The number of carbonyl (C=O) groups excluding carboxylic acids is 1. The van der Waals surface area contributed by atoms with Crippen LogP contribution < -0.4 is 9.46 Å². The molecular formula is C20H24N2O4S. The second-order valence-corrected chi connectivity index (χ2v) is 7.77. The molecule has 0 aliphatic rings. The molecule has 0 radical (unpaired) electrons. The highest BCUT2D eigenvalue weighted by molar-refractivity contribution is 7.89. The molecule has 0 heterocycles. The predicted octanol–water partition coefficient (Wildman–Crippen LogP) is 2.67. The number of benzene rings is 2. The third kappa shape index (κ3) is 5.94. The summed E-state index contributed by atoms with van der Waals surface area (Å²) >= 11 is 0. The number of carbonyl (C=O) groups is 1. The minimum absolute atomic E-state index is 0.143. The van der Waals surface area contributed by atoms with Crippen LogP contribution in [0.25, 0.3) is 6.08 Å². The maximum absolute atomic E-state index is 12.3. The van der Waals surface area contributed by atoms with Crippen molar-refractivity contribution in [1.82, 2.24) is 9.62 Å². The highest BCUT2D eigenvalue weighted by Crippen LogP contribution is 2.14. The average Bonchev–Trinajstić information content (AvgIpc) is 2.68. The Balaban J connectivity index is 1.97. The molecule has 0 unspecified atom stereocenters. The number of nitrogens with one attached hydrogen (secondary N) is 1. The fourth-order valence-electron chi connectivity index (χ4n) is 2.38. The number of hydrogen-bond acceptors (Lipinski definition) is 4. The average molecular weight is 388 g/mol. The summed E-state index contributed by atoms with van der Waals surface area (Å²) < 4.78 is 31.1. The van der Waals surface area contributed by atoms with Crippen LogP contribution in [0.15, 0.2) is 59.5 Å². The molecule has 1 amide bonds. The SMILES string of the molecule is CCOc1ccc(CN(C)C(=O)/C=C/c2ccc(S(=O)(=O)NC)cc2)cc1. The van der Waals surface area contributed by atoms with Gasteiger partial charge >= 0.3 is 0 Å². The molecule has 0 fully saturated rings. The van der Waals surface area contributed by atoms with Gasteiger partial charge in [-0.2, -0.15) is 0 Å². The van der Waals surface area contributed by atoms with E-state index in [1.54, 1.807) is 30.2 Å². The van der Waals surface area contributed by atoms with E-state index in [1.807, 2.05) is 31.2 Å². The van der Waals surface area contributed by atoms with Gasteiger partial charge in [-0.1, -0.05) is 24.3 Å². The van der Waals surface area contributed by atoms with Gasteiger partial charge in [-0.3, -0.25) is 4.79 Å². The lowest BCUT2D eigenvalue weighted by Gasteiger charge is -2.15. The van der Waals surface area contributed by atoms with Gasteiger partial charge in [0.2, 0.25) is 15.9 Å². The molecule has 0 atom stereocenters. The number of sulfonamides is 1. The summed E-state index contributed by atoms with van der Waals surface area (Å²) in [7, 11) is -0.368. The van der Waals surface area contributed by atoms with Crippen molar-refractivity contribution >= 4 is 22.0 Å². The predicted molar refractivity (Wildman–Crippen MR) is 106 cm³/mol. The van der Waals surface area contributed by atoms with E-state index in [9.17, 15) is 13.2 Å². The minimum atomic E-state index is -3.46. The Morgan fingerprint density at radius 2 is 1.74 bits per heavy atom. The minimum Gasteiger partial charge on any atom is -0.494 e. The van der Waals surface area contributed by atoms with Crippen molar-refractivity contribution in [3.05, 3.63) is 65.7 Å². The van der Waals surface area contributed by atoms with E-state index in [0.29, 0.717) is 13.2 Å². The van der Waals surface area contributed by atoms with Gasteiger partial charge in [0.25, 0.3) is 0 Å². The Kier molecular flexibility index (Phi) is 7.15. The zero-order valence-electron chi connectivity index (χ0n) is 15.7. The molecule has 0 saturated carbocycles. The summed E-state index contributed by atoms with van der Waals surface area (Å²) in [5.74, 6) is 0.662. The van der Waals surface area contributed by atoms with Crippen LogP contribution in [0.1, 0.15) is 18.1 Å². The molecule has 0 aliphatic heterocycles. The first-order valence-corrected chi connectivity index (χ1v) is 10.0. The van der Waals surface area contributed by atoms with Crippen LogP contribution in [-0.4, -0.2) is 39.9 Å². The van der Waals surface area contributed by atoms with Crippen LogP contribution in [0.5, 0.6) is 5.75 Å². The molecule has 0 aromatic heterocycles. The third-order valence-corrected chi connectivity index (χ3v) is 5.34. The number of amides is 1. The lowest BCUT2D eigenvalue weighted by atomic mass is 10.2. The van der Waals surface area contributed by atoms with E-state index in [4.69, 9.17) is 4.74 Å². The Labute approximate surface area is 160 Å². The highest BCUT2D eigenvalue weighted by Gasteiger charge is 2.10. The van der Waals surface area contributed by atoms with Crippen LogP contribution in [0.2, 0.25) is 0 Å². The molecule has 27 heavy (non-hydrogen) atoms. The van der Waals surface area contributed by atoms with Crippen LogP contribution in [-0.2, 0) is 21.4 Å². The maximum Gasteiger partial charge on any atom is 0.246 e. The Hall–Kier alpha value is -2.64. The van der Waals surface area contributed by atoms with Gasteiger partial charge in [-0.05, 0) is 55.4 Å². The fourth-order valence-corrected chi connectivity index (χ4v) is 3.11. The molecule has 2 aromatic carbocycles. The number of rotatable bonds is 8. The molecule has 6 nitrogen and oxygen atoms in total. The van der Waals surface area contributed by atoms with Gasteiger partial charge in [-0.15, -0.1) is 0 Å². The van der Waals surface area contributed by atoms with Crippen LogP contribution in [0.4, 0.5) is 0 Å². The van der Waals surface area contributed by atoms with E-state index < -0.39 is 10.0 Å². The quantitative estimate of drug-likeness (QED) is 0.706. The molecule has 0 aliphatic carbocycles. The van der Waals surface area contributed by atoms with Crippen molar-refractivity contribution in [2.75, 3.05) is 20.7 Å². The Bertz CT molecular complexity index is 889. The molecular weight excluding hydrogens is 364 g/mol. The van der Waals surface area contributed by atoms with E-state index in [1.165, 1.54) is 25.3 Å². The number of nitrogens with zero attached hydrogens (tertiary/aromatic N) is 1. The number of ether oxygens (including phenoxy) is 1. The molecule has 2 rings (SSSR count). The van der Waals surface area contributed by atoms with Gasteiger partial charge in [0, 0.05) is 19.7 Å². The largest absolute Gasteiger partial charge is 0.494 e. The van der Waals surface area contributed by atoms with E-state index in [0.717, 1.165) is 16.9 Å². The molecule has 0 spiro atoms. The second kappa shape index (κ2) is 9.34. The molecule has 0 saturated heterocycles. The van der Waals surface area contributed by atoms with Crippen molar-refractivity contribution < 1.29 is 17.9 Å². The van der Waals surface area contributed by atoms with Gasteiger partial charge < -0.3 is 9.64 Å². The first-order valence-electron chi connectivity index (χ1n) is 8.54. The lowest BCUT2D eigenvalue weighted by molar-refractivity contribution is -0.125. The summed E-state index contributed by atoms with van der Waals surface area (Å²) in [6.45, 7) is 3.03. The van der Waals surface area contributed by atoms with Crippen molar-refractivity contribution in [3.63, 3.8) is 0 Å².